The molecule has 1 rings (SSSR count). The lowest BCUT2D eigenvalue weighted by Gasteiger charge is -2.02. The van der Waals surface area contributed by atoms with Crippen molar-refractivity contribution in [2.24, 2.45) is 5.16 Å². The zero-order chi connectivity index (χ0) is 10.4. The van der Waals surface area contributed by atoms with E-state index in [1.54, 1.807) is 0 Å². The maximum Gasteiger partial charge on any atom is 0.435 e. The van der Waals surface area contributed by atoms with Crippen molar-refractivity contribution in [1.82, 2.24) is 5.32 Å². The molecule has 1 aliphatic rings. The summed E-state index contributed by atoms with van der Waals surface area (Å²) in [6.45, 7) is 1.94. The number of ether oxygens (including phenoxy) is 2. The van der Waals surface area contributed by atoms with Crippen molar-refractivity contribution in [2.45, 2.75) is 13.0 Å². The predicted octanol–water partition coefficient (Wildman–Crippen LogP) is 0.739. The Hall–Kier alpha value is -0.790. The number of nitrogens with one attached hydrogen (secondary N) is 1. The molecular formula is C7H12N2O4S. The zero-order valence-corrected chi connectivity index (χ0v) is 8.80. The van der Waals surface area contributed by atoms with E-state index >= 15 is 0 Å². The average Bonchev–Trinajstić information content (AvgIpc) is 2.58. The number of hydrogen-bond donors (Lipinski definition) is 1. The van der Waals surface area contributed by atoms with E-state index in [-0.39, 0.29) is 12.8 Å². The quantitative estimate of drug-likeness (QED) is 0.431. The van der Waals surface area contributed by atoms with Crippen LogP contribution in [0.3, 0.4) is 0 Å². The smallest absolute Gasteiger partial charge is 0.364 e. The van der Waals surface area contributed by atoms with Crippen molar-refractivity contribution in [3.63, 3.8) is 0 Å². The Morgan fingerprint density at radius 3 is 3.21 bits per heavy atom. The number of rotatable bonds is 3. The molecule has 1 atom stereocenters. The number of methoxy groups -OCH3 is 1. The first kappa shape index (κ1) is 11.3. The number of oxime groups is 1. The van der Waals surface area contributed by atoms with E-state index in [9.17, 15) is 4.79 Å². The van der Waals surface area contributed by atoms with Gasteiger partial charge in [0.05, 0.1) is 5.94 Å². The molecule has 0 radical (unpaired) electrons. The van der Waals surface area contributed by atoms with Crippen molar-refractivity contribution in [1.29, 1.82) is 0 Å². The van der Waals surface area contributed by atoms with E-state index in [1.165, 1.54) is 18.9 Å². The number of amides is 1. The molecule has 0 spiro atoms. The Bertz CT molecular complexity index is 234. The van der Waals surface area contributed by atoms with Crippen LogP contribution in [0.15, 0.2) is 5.16 Å². The van der Waals surface area contributed by atoms with Crippen LogP contribution in [0.5, 0.6) is 0 Å². The summed E-state index contributed by atoms with van der Waals surface area (Å²) < 4.78 is 9.79. The van der Waals surface area contributed by atoms with Crippen molar-refractivity contribution in [3.8, 4) is 0 Å². The fraction of sp³-hybridized carbons (Fsp3) is 0.714. The summed E-state index contributed by atoms with van der Waals surface area (Å²) in [5.41, 5.74) is 0. The second-order valence-electron chi connectivity index (χ2n) is 2.49. The van der Waals surface area contributed by atoms with Crippen LogP contribution in [0, 0.1) is 0 Å². The van der Waals surface area contributed by atoms with Gasteiger partial charge in [0.2, 0.25) is 0 Å². The number of thioether (sulfide) groups is 1. The van der Waals surface area contributed by atoms with E-state index in [2.05, 4.69) is 20.0 Å². The SMILES string of the molecule is COCNC(=O)O/N=C1\SCOC1C. The van der Waals surface area contributed by atoms with Gasteiger partial charge in [-0.2, -0.15) is 0 Å². The first-order chi connectivity index (χ1) is 6.74. The van der Waals surface area contributed by atoms with Crippen LogP contribution in [0.4, 0.5) is 4.79 Å². The van der Waals surface area contributed by atoms with E-state index in [1.807, 2.05) is 6.92 Å². The van der Waals surface area contributed by atoms with Crippen LogP contribution >= 0.6 is 11.8 Å². The Morgan fingerprint density at radius 1 is 1.86 bits per heavy atom. The molecule has 80 valence electrons. The van der Waals surface area contributed by atoms with Gasteiger partial charge in [0.25, 0.3) is 0 Å². The maximum absolute atomic E-state index is 10.9. The Kier molecular flexibility index (Phi) is 4.71. The van der Waals surface area contributed by atoms with Gasteiger partial charge in [-0.05, 0) is 6.92 Å². The molecule has 1 fully saturated rings. The lowest BCUT2D eigenvalue weighted by Crippen LogP contribution is -2.25. The molecule has 14 heavy (non-hydrogen) atoms. The van der Waals surface area contributed by atoms with Gasteiger partial charge in [-0.1, -0.05) is 16.9 Å². The average molecular weight is 220 g/mol. The molecule has 6 nitrogen and oxygen atoms in total. The molecule has 0 aromatic carbocycles. The third-order valence-electron chi connectivity index (χ3n) is 1.45. The molecule has 1 unspecified atom stereocenters. The van der Waals surface area contributed by atoms with E-state index in [0.717, 1.165) is 0 Å². The molecule has 0 saturated carbocycles. The summed E-state index contributed by atoms with van der Waals surface area (Å²) in [5.74, 6) is 0.545. The van der Waals surface area contributed by atoms with Gasteiger partial charge in [0.1, 0.15) is 17.9 Å². The molecule has 0 aromatic rings. The highest BCUT2D eigenvalue weighted by Gasteiger charge is 2.20. The van der Waals surface area contributed by atoms with Crippen molar-refractivity contribution in [2.75, 3.05) is 19.8 Å². The number of nitrogens with zero attached hydrogens (tertiary/aromatic N) is 1. The van der Waals surface area contributed by atoms with E-state index in [0.29, 0.717) is 11.0 Å². The summed E-state index contributed by atoms with van der Waals surface area (Å²) in [6, 6.07) is 0. The normalized spacial score (nSPS) is 23.9. The first-order valence-corrected chi connectivity index (χ1v) is 4.98. The minimum Gasteiger partial charge on any atom is -0.364 e. The van der Waals surface area contributed by atoms with Gasteiger partial charge in [-0.3, -0.25) is 10.2 Å². The minimum absolute atomic E-state index is 0.100. The second kappa shape index (κ2) is 5.84. The number of hydrogen-bond acceptors (Lipinski definition) is 6. The number of carbonyl (C=O) groups is 1. The molecule has 7 heteroatoms. The highest BCUT2D eigenvalue weighted by atomic mass is 32.2. The monoisotopic (exact) mass is 220 g/mol. The van der Waals surface area contributed by atoms with Crippen LogP contribution in [0.25, 0.3) is 0 Å². The van der Waals surface area contributed by atoms with Crippen LogP contribution in [-0.4, -0.2) is 37.0 Å². The predicted molar refractivity (Wildman–Crippen MR) is 51.9 cm³/mol. The molecule has 0 aromatic heterocycles. The maximum atomic E-state index is 10.9. The van der Waals surface area contributed by atoms with Gasteiger partial charge in [0.15, 0.2) is 0 Å². The molecule has 1 amide bonds. The van der Waals surface area contributed by atoms with Crippen LogP contribution < -0.4 is 5.32 Å². The molecular weight excluding hydrogens is 208 g/mol. The topological polar surface area (TPSA) is 69.2 Å². The molecule has 0 bridgehead atoms. The summed E-state index contributed by atoms with van der Waals surface area (Å²) >= 11 is 1.41. The van der Waals surface area contributed by atoms with E-state index in [4.69, 9.17) is 4.74 Å². The zero-order valence-electron chi connectivity index (χ0n) is 7.98. The summed E-state index contributed by atoms with van der Waals surface area (Å²) in [5, 5.41) is 6.64. The lowest BCUT2D eigenvalue weighted by molar-refractivity contribution is 0.120. The molecule has 0 aliphatic carbocycles. The first-order valence-electron chi connectivity index (χ1n) is 4.00. The van der Waals surface area contributed by atoms with Crippen molar-refractivity contribution >= 4 is 22.9 Å². The van der Waals surface area contributed by atoms with Crippen LogP contribution in [0.1, 0.15) is 6.92 Å². The van der Waals surface area contributed by atoms with Gasteiger partial charge >= 0.3 is 6.09 Å². The second-order valence-corrected chi connectivity index (χ2v) is 3.43. The van der Waals surface area contributed by atoms with Crippen LogP contribution in [-0.2, 0) is 14.3 Å². The largest absolute Gasteiger partial charge is 0.435 e. The fourth-order valence-electron chi connectivity index (χ4n) is 0.735. The highest BCUT2D eigenvalue weighted by molar-refractivity contribution is 8.14. The molecule has 1 saturated heterocycles. The minimum atomic E-state index is -0.640. The standard InChI is InChI=1S/C7H12N2O4S/c1-5-6(14-4-12-5)9-13-7(10)8-3-11-2/h5H,3-4H2,1-2H3,(H,8,10)/b9-6-. The van der Waals surface area contributed by atoms with Crippen LogP contribution in [0.2, 0.25) is 0 Å². The third kappa shape index (κ3) is 3.52. The third-order valence-corrected chi connectivity index (χ3v) is 2.41. The number of carbonyl (C=O) groups excluding carboxylic acids is 1. The highest BCUT2D eigenvalue weighted by Crippen LogP contribution is 2.19. The summed E-state index contributed by atoms with van der Waals surface area (Å²) in [4.78, 5) is 15.5. The molecule has 1 heterocycles. The Morgan fingerprint density at radius 2 is 2.64 bits per heavy atom. The Balaban J connectivity index is 2.27. The molecule has 1 aliphatic heterocycles. The lowest BCUT2D eigenvalue weighted by atomic mass is 10.4. The van der Waals surface area contributed by atoms with Gasteiger partial charge < -0.3 is 9.47 Å². The van der Waals surface area contributed by atoms with Gasteiger partial charge in [0, 0.05) is 7.11 Å². The van der Waals surface area contributed by atoms with Crippen molar-refractivity contribution in [3.05, 3.63) is 0 Å². The molecule has 1 N–H and O–H groups in total. The van der Waals surface area contributed by atoms with Crippen molar-refractivity contribution < 1.29 is 19.1 Å². The van der Waals surface area contributed by atoms with E-state index < -0.39 is 6.09 Å². The Labute approximate surface area is 85.9 Å². The summed E-state index contributed by atoms with van der Waals surface area (Å²) in [6.07, 6.45) is -0.741. The fourth-order valence-corrected chi connectivity index (χ4v) is 1.52. The van der Waals surface area contributed by atoms with Gasteiger partial charge in [-0.15, -0.1) is 0 Å². The summed E-state index contributed by atoms with van der Waals surface area (Å²) in [7, 11) is 1.47. The van der Waals surface area contributed by atoms with Gasteiger partial charge in [-0.25, -0.2) is 4.79 Å².